The Bertz CT molecular complexity index is 425. The van der Waals surface area contributed by atoms with E-state index in [2.05, 4.69) is 10.3 Å². The zero-order valence-corrected chi connectivity index (χ0v) is 12.5. The predicted octanol–water partition coefficient (Wildman–Crippen LogP) is 3.62. The van der Waals surface area contributed by atoms with Crippen molar-refractivity contribution in [3.63, 3.8) is 0 Å². The van der Waals surface area contributed by atoms with Crippen molar-refractivity contribution in [2.45, 2.75) is 45.4 Å². The average molecular weight is 282 g/mol. The van der Waals surface area contributed by atoms with Crippen molar-refractivity contribution in [3.05, 3.63) is 10.6 Å². The zero-order chi connectivity index (χ0) is 13.7. The van der Waals surface area contributed by atoms with Gasteiger partial charge < -0.3 is 10.1 Å². The number of rotatable bonds is 5. The Hall–Kier alpha value is -1.10. The van der Waals surface area contributed by atoms with Gasteiger partial charge in [0.05, 0.1) is 7.11 Å². The molecule has 1 N–H and O–H groups in total. The minimum Gasteiger partial charge on any atom is -0.464 e. The number of carbonyl (C=O) groups is 1. The number of carbonyl (C=O) groups excluding carboxylic acids is 1. The summed E-state index contributed by atoms with van der Waals surface area (Å²) in [5, 5.41) is 4.16. The third-order valence-electron chi connectivity index (χ3n) is 3.73. The van der Waals surface area contributed by atoms with Gasteiger partial charge in [-0.3, -0.25) is 0 Å². The van der Waals surface area contributed by atoms with Gasteiger partial charge in [0.1, 0.15) is 0 Å². The topological polar surface area (TPSA) is 51.2 Å². The maximum absolute atomic E-state index is 11.5. The SMILES string of the molecule is COC(=O)c1nc(NCCC2CCCCC2)sc1C. The summed E-state index contributed by atoms with van der Waals surface area (Å²) in [5.74, 6) is 0.511. The van der Waals surface area contributed by atoms with Gasteiger partial charge >= 0.3 is 5.97 Å². The highest BCUT2D eigenvalue weighted by atomic mass is 32.1. The van der Waals surface area contributed by atoms with Crippen LogP contribution in [0.25, 0.3) is 0 Å². The molecular weight excluding hydrogens is 260 g/mol. The van der Waals surface area contributed by atoms with Crippen LogP contribution in [0.2, 0.25) is 0 Å². The molecule has 19 heavy (non-hydrogen) atoms. The second kappa shape index (κ2) is 6.89. The van der Waals surface area contributed by atoms with Crippen LogP contribution in [0, 0.1) is 12.8 Å². The number of anilines is 1. The molecule has 1 aliphatic carbocycles. The molecule has 1 aromatic rings. The largest absolute Gasteiger partial charge is 0.464 e. The molecule has 4 nitrogen and oxygen atoms in total. The van der Waals surface area contributed by atoms with E-state index in [9.17, 15) is 4.79 Å². The number of hydrogen-bond acceptors (Lipinski definition) is 5. The van der Waals surface area contributed by atoms with Gasteiger partial charge in [-0.2, -0.15) is 0 Å². The Labute approximate surface area is 118 Å². The maximum atomic E-state index is 11.5. The number of methoxy groups -OCH3 is 1. The summed E-state index contributed by atoms with van der Waals surface area (Å²) >= 11 is 1.52. The smallest absolute Gasteiger partial charge is 0.357 e. The molecule has 1 heterocycles. The molecule has 0 amide bonds. The quantitative estimate of drug-likeness (QED) is 0.838. The Morgan fingerprint density at radius 3 is 2.84 bits per heavy atom. The van der Waals surface area contributed by atoms with Gasteiger partial charge in [-0.05, 0) is 19.3 Å². The van der Waals surface area contributed by atoms with E-state index in [1.807, 2.05) is 6.92 Å². The maximum Gasteiger partial charge on any atom is 0.357 e. The third-order valence-corrected chi connectivity index (χ3v) is 4.66. The van der Waals surface area contributed by atoms with Gasteiger partial charge in [0.2, 0.25) is 0 Å². The van der Waals surface area contributed by atoms with E-state index in [1.165, 1.54) is 57.0 Å². The summed E-state index contributed by atoms with van der Waals surface area (Å²) in [4.78, 5) is 16.7. The van der Waals surface area contributed by atoms with Crippen molar-refractivity contribution in [2.75, 3.05) is 19.0 Å². The van der Waals surface area contributed by atoms with Gasteiger partial charge in [0.25, 0.3) is 0 Å². The number of aryl methyl sites for hydroxylation is 1. The lowest BCUT2D eigenvalue weighted by atomic mass is 9.87. The van der Waals surface area contributed by atoms with Crippen molar-refractivity contribution < 1.29 is 9.53 Å². The lowest BCUT2D eigenvalue weighted by Crippen LogP contribution is -2.12. The molecule has 0 unspecified atom stereocenters. The fourth-order valence-electron chi connectivity index (χ4n) is 2.62. The highest BCUT2D eigenvalue weighted by molar-refractivity contribution is 7.15. The molecule has 0 aromatic carbocycles. The van der Waals surface area contributed by atoms with E-state index in [4.69, 9.17) is 4.74 Å². The van der Waals surface area contributed by atoms with E-state index < -0.39 is 0 Å². The molecule has 0 radical (unpaired) electrons. The minimum atomic E-state index is -0.353. The summed E-state index contributed by atoms with van der Waals surface area (Å²) in [7, 11) is 1.39. The van der Waals surface area contributed by atoms with Gasteiger partial charge in [-0.25, -0.2) is 9.78 Å². The number of ether oxygens (including phenoxy) is 1. The normalized spacial score (nSPS) is 16.3. The van der Waals surface area contributed by atoms with Crippen LogP contribution in [0.3, 0.4) is 0 Å². The van der Waals surface area contributed by atoms with Gasteiger partial charge in [-0.15, -0.1) is 11.3 Å². The monoisotopic (exact) mass is 282 g/mol. The number of hydrogen-bond donors (Lipinski definition) is 1. The van der Waals surface area contributed by atoms with E-state index in [0.29, 0.717) is 5.69 Å². The van der Waals surface area contributed by atoms with Crippen LogP contribution >= 0.6 is 11.3 Å². The Balaban J connectivity index is 1.81. The van der Waals surface area contributed by atoms with Crippen LogP contribution in [0.5, 0.6) is 0 Å². The summed E-state index contributed by atoms with van der Waals surface area (Å²) < 4.78 is 4.71. The van der Waals surface area contributed by atoms with E-state index in [-0.39, 0.29) is 5.97 Å². The molecule has 0 atom stereocenters. The van der Waals surface area contributed by atoms with Gasteiger partial charge in [0, 0.05) is 11.4 Å². The molecule has 1 fully saturated rings. The van der Waals surface area contributed by atoms with Crippen LogP contribution in [0.4, 0.5) is 5.13 Å². The van der Waals surface area contributed by atoms with Crippen LogP contribution in [0.1, 0.15) is 53.9 Å². The molecule has 0 aliphatic heterocycles. The molecule has 0 bridgehead atoms. The van der Waals surface area contributed by atoms with Gasteiger partial charge in [0.15, 0.2) is 10.8 Å². The molecular formula is C14H22N2O2S. The molecule has 1 saturated carbocycles. The van der Waals surface area contributed by atoms with Crippen LogP contribution < -0.4 is 5.32 Å². The predicted molar refractivity (Wildman–Crippen MR) is 77.9 cm³/mol. The molecule has 2 rings (SSSR count). The minimum absolute atomic E-state index is 0.353. The third kappa shape index (κ3) is 3.93. The molecule has 1 aromatic heterocycles. The lowest BCUT2D eigenvalue weighted by Gasteiger charge is -2.21. The Kier molecular flexibility index (Phi) is 5.19. The number of nitrogens with one attached hydrogen (secondary N) is 1. The molecule has 0 spiro atoms. The van der Waals surface area contributed by atoms with Crippen molar-refractivity contribution in [2.24, 2.45) is 5.92 Å². The number of aromatic nitrogens is 1. The highest BCUT2D eigenvalue weighted by Crippen LogP contribution is 2.27. The number of nitrogens with zero attached hydrogens (tertiary/aromatic N) is 1. The Morgan fingerprint density at radius 1 is 1.42 bits per heavy atom. The van der Waals surface area contributed by atoms with E-state index in [0.717, 1.165) is 22.5 Å². The second-order valence-electron chi connectivity index (χ2n) is 5.13. The highest BCUT2D eigenvalue weighted by Gasteiger charge is 2.16. The van der Waals surface area contributed by atoms with Crippen LogP contribution in [-0.2, 0) is 4.74 Å². The van der Waals surface area contributed by atoms with Gasteiger partial charge in [-0.1, -0.05) is 32.1 Å². The fraction of sp³-hybridized carbons (Fsp3) is 0.714. The summed E-state index contributed by atoms with van der Waals surface area (Å²) in [6.45, 7) is 2.84. The lowest BCUT2D eigenvalue weighted by molar-refractivity contribution is 0.0594. The standard InChI is InChI=1S/C14H22N2O2S/c1-10-12(13(17)18-2)16-14(19-10)15-9-8-11-6-4-3-5-7-11/h11H,3-9H2,1-2H3,(H,15,16). The van der Waals surface area contributed by atoms with E-state index in [1.54, 1.807) is 0 Å². The molecule has 106 valence electrons. The zero-order valence-electron chi connectivity index (χ0n) is 11.7. The Morgan fingerprint density at radius 2 is 2.16 bits per heavy atom. The summed E-state index contributed by atoms with van der Waals surface area (Å²) in [6, 6.07) is 0. The number of esters is 1. The van der Waals surface area contributed by atoms with Crippen LogP contribution in [0.15, 0.2) is 0 Å². The first kappa shape index (κ1) is 14.3. The first-order chi connectivity index (χ1) is 9.20. The summed E-state index contributed by atoms with van der Waals surface area (Å²) in [6.07, 6.45) is 8.10. The summed E-state index contributed by atoms with van der Waals surface area (Å²) in [5.41, 5.74) is 0.438. The molecule has 5 heteroatoms. The fourth-order valence-corrected chi connectivity index (χ4v) is 3.44. The van der Waals surface area contributed by atoms with Crippen LogP contribution in [-0.4, -0.2) is 24.6 Å². The van der Waals surface area contributed by atoms with Crippen molar-refractivity contribution >= 4 is 22.4 Å². The van der Waals surface area contributed by atoms with Crippen molar-refractivity contribution in [3.8, 4) is 0 Å². The molecule has 1 aliphatic rings. The first-order valence-electron chi connectivity index (χ1n) is 7.00. The first-order valence-corrected chi connectivity index (χ1v) is 7.82. The van der Waals surface area contributed by atoms with Crippen molar-refractivity contribution in [1.29, 1.82) is 0 Å². The average Bonchev–Trinajstić information content (AvgIpc) is 2.80. The molecule has 0 saturated heterocycles. The van der Waals surface area contributed by atoms with E-state index >= 15 is 0 Å². The second-order valence-corrected chi connectivity index (χ2v) is 6.34. The van der Waals surface area contributed by atoms with Crippen molar-refractivity contribution in [1.82, 2.24) is 4.98 Å². The number of thiazole rings is 1.